The SMILES string of the molecule is CONC(=O)C(N)C1CCCC1. The van der Waals surface area contributed by atoms with Gasteiger partial charge in [0.15, 0.2) is 0 Å². The topological polar surface area (TPSA) is 64.3 Å². The van der Waals surface area contributed by atoms with Gasteiger partial charge in [0.2, 0.25) is 0 Å². The van der Waals surface area contributed by atoms with Crippen LogP contribution in [-0.4, -0.2) is 19.1 Å². The van der Waals surface area contributed by atoms with Gasteiger partial charge in [-0.25, -0.2) is 5.48 Å². The fourth-order valence-electron chi connectivity index (χ4n) is 1.70. The summed E-state index contributed by atoms with van der Waals surface area (Å²) in [4.78, 5) is 15.7. The molecule has 1 unspecified atom stereocenters. The number of nitrogens with one attached hydrogen (secondary N) is 1. The van der Waals surface area contributed by atoms with Crippen molar-refractivity contribution >= 4 is 5.91 Å². The van der Waals surface area contributed by atoms with Crippen molar-refractivity contribution in [2.75, 3.05) is 7.11 Å². The Kier molecular flexibility index (Phi) is 3.49. The lowest BCUT2D eigenvalue weighted by molar-refractivity contribution is -0.133. The number of amides is 1. The molecule has 1 atom stereocenters. The Balaban J connectivity index is 2.34. The van der Waals surface area contributed by atoms with Gasteiger partial charge in [-0.05, 0) is 18.8 Å². The van der Waals surface area contributed by atoms with Crippen LogP contribution in [0.15, 0.2) is 0 Å². The lowest BCUT2D eigenvalue weighted by Crippen LogP contribution is -2.44. The molecule has 0 saturated heterocycles. The maximum Gasteiger partial charge on any atom is 0.260 e. The van der Waals surface area contributed by atoms with Gasteiger partial charge in [0.05, 0.1) is 13.2 Å². The van der Waals surface area contributed by atoms with Crippen LogP contribution in [0.3, 0.4) is 0 Å². The number of rotatable bonds is 3. The molecule has 4 nitrogen and oxygen atoms in total. The van der Waals surface area contributed by atoms with E-state index < -0.39 is 6.04 Å². The van der Waals surface area contributed by atoms with E-state index in [1.54, 1.807) is 0 Å². The van der Waals surface area contributed by atoms with Crippen molar-refractivity contribution in [1.29, 1.82) is 0 Å². The van der Waals surface area contributed by atoms with Crippen molar-refractivity contribution in [3.8, 4) is 0 Å². The molecule has 12 heavy (non-hydrogen) atoms. The van der Waals surface area contributed by atoms with Crippen LogP contribution in [0.1, 0.15) is 25.7 Å². The van der Waals surface area contributed by atoms with E-state index in [0.717, 1.165) is 12.8 Å². The third kappa shape index (κ3) is 2.19. The summed E-state index contributed by atoms with van der Waals surface area (Å²) in [6.07, 6.45) is 4.52. The van der Waals surface area contributed by atoms with Crippen molar-refractivity contribution in [1.82, 2.24) is 5.48 Å². The normalized spacial score (nSPS) is 20.8. The highest BCUT2D eigenvalue weighted by Gasteiger charge is 2.27. The van der Waals surface area contributed by atoms with Crippen LogP contribution in [-0.2, 0) is 9.63 Å². The molecule has 1 aliphatic rings. The van der Waals surface area contributed by atoms with Crippen LogP contribution >= 0.6 is 0 Å². The van der Waals surface area contributed by atoms with E-state index >= 15 is 0 Å². The summed E-state index contributed by atoms with van der Waals surface area (Å²) in [6.45, 7) is 0. The molecule has 0 radical (unpaired) electrons. The van der Waals surface area contributed by atoms with Gasteiger partial charge in [-0.1, -0.05) is 12.8 Å². The van der Waals surface area contributed by atoms with Crippen LogP contribution in [0.25, 0.3) is 0 Å². The average molecular weight is 172 g/mol. The second-order valence-corrected chi connectivity index (χ2v) is 3.24. The first-order valence-electron chi connectivity index (χ1n) is 4.34. The van der Waals surface area contributed by atoms with Gasteiger partial charge in [-0.15, -0.1) is 0 Å². The predicted molar refractivity (Wildman–Crippen MR) is 45.1 cm³/mol. The molecule has 0 aromatic heterocycles. The molecular formula is C8H16N2O2. The lowest BCUT2D eigenvalue weighted by atomic mass is 9.99. The molecule has 4 heteroatoms. The fraction of sp³-hybridized carbons (Fsp3) is 0.875. The largest absolute Gasteiger partial charge is 0.320 e. The standard InChI is InChI=1S/C8H16N2O2/c1-12-10-8(11)7(9)6-4-2-3-5-6/h6-7H,2-5,9H2,1H3,(H,10,11). The molecule has 0 bridgehead atoms. The summed E-state index contributed by atoms with van der Waals surface area (Å²) >= 11 is 0. The van der Waals surface area contributed by atoms with Crippen LogP contribution in [0.5, 0.6) is 0 Å². The molecule has 0 aromatic carbocycles. The molecule has 0 aromatic rings. The molecule has 1 amide bonds. The molecular weight excluding hydrogens is 156 g/mol. The van der Waals surface area contributed by atoms with Gasteiger partial charge in [-0.2, -0.15) is 0 Å². The number of hydrogen-bond donors (Lipinski definition) is 2. The van der Waals surface area contributed by atoms with Gasteiger partial charge in [0.25, 0.3) is 5.91 Å². The predicted octanol–water partition coefficient (Wildman–Crippen LogP) is 0.181. The summed E-state index contributed by atoms with van der Waals surface area (Å²) in [5.41, 5.74) is 7.97. The molecule has 0 spiro atoms. The van der Waals surface area contributed by atoms with Crippen LogP contribution in [0.4, 0.5) is 0 Å². The first kappa shape index (κ1) is 9.48. The van der Waals surface area contributed by atoms with Crippen molar-refractivity contribution in [3.63, 3.8) is 0 Å². The minimum Gasteiger partial charge on any atom is -0.320 e. The number of hydroxylamine groups is 1. The first-order valence-corrected chi connectivity index (χ1v) is 4.34. The Morgan fingerprint density at radius 3 is 2.67 bits per heavy atom. The molecule has 0 aliphatic heterocycles. The third-order valence-electron chi connectivity index (χ3n) is 2.41. The zero-order valence-corrected chi connectivity index (χ0v) is 7.38. The maximum atomic E-state index is 11.2. The van der Waals surface area contributed by atoms with Gasteiger partial charge in [-0.3, -0.25) is 9.63 Å². The molecule has 3 N–H and O–H groups in total. The Bertz CT molecular complexity index is 155. The monoisotopic (exact) mass is 172 g/mol. The zero-order valence-electron chi connectivity index (χ0n) is 7.38. The van der Waals surface area contributed by atoms with E-state index in [0.29, 0.717) is 5.92 Å². The molecule has 0 heterocycles. The lowest BCUT2D eigenvalue weighted by Gasteiger charge is -2.16. The van der Waals surface area contributed by atoms with Gasteiger partial charge in [0, 0.05) is 0 Å². The highest BCUT2D eigenvalue weighted by molar-refractivity contribution is 5.80. The van der Waals surface area contributed by atoms with E-state index in [9.17, 15) is 4.79 Å². The second kappa shape index (κ2) is 4.42. The Morgan fingerprint density at radius 1 is 1.58 bits per heavy atom. The maximum absolute atomic E-state index is 11.2. The summed E-state index contributed by atoms with van der Waals surface area (Å²) in [5, 5.41) is 0. The Labute approximate surface area is 72.4 Å². The smallest absolute Gasteiger partial charge is 0.260 e. The highest BCUT2D eigenvalue weighted by atomic mass is 16.6. The number of carbonyl (C=O) groups excluding carboxylic acids is 1. The zero-order chi connectivity index (χ0) is 8.97. The minimum atomic E-state index is -0.396. The van der Waals surface area contributed by atoms with Crippen molar-refractivity contribution in [2.45, 2.75) is 31.7 Å². The van der Waals surface area contributed by atoms with E-state index in [-0.39, 0.29) is 5.91 Å². The van der Waals surface area contributed by atoms with Crippen molar-refractivity contribution in [3.05, 3.63) is 0 Å². The van der Waals surface area contributed by atoms with E-state index in [1.807, 2.05) is 0 Å². The van der Waals surface area contributed by atoms with E-state index in [2.05, 4.69) is 10.3 Å². The number of carbonyl (C=O) groups is 1. The molecule has 1 aliphatic carbocycles. The summed E-state index contributed by atoms with van der Waals surface area (Å²) in [5.74, 6) is 0.143. The summed E-state index contributed by atoms with van der Waals surface area (Å²) in [6, 6.07) is -0.396. The molecule has 1 fully saturated rings. The number of hydrogen-bond acceptors (Lipinski definition) is 3. The first-order chi connectivity index (χ1) is 5.75. The highest BCUT2D eigenvalue weighted by Crippen LogP contribution is 2.26. The van der Waals surface area contributed by atoms with Crippen LogP contribution < -0.4 is 11.2 Å². The van der Waals surface area contributed by atoms with Gasteiger partial charge >= 0.3 is 0 Å². The molecule has 70 valence electrons. The summed E-state index contributed by atoms with van der Waals surface area (Å²) < 4.78 is 0. The Hall–Kier alpha value is -0.610. The van der Waals surface area contributed by atoms with Gasteiger partial charge < -0.3 is 5.73 Å². The van der Waals surface area contributed by atoms with E-state index in [1.165, 1.54) is 20.0 Å². The fourth-order valence-corrected chi connectivity index (χ4v) is 1.70. The Morgan fingerprint density at radius 2 is 2.17 bits per heavy atom. The summed E-state index contributed by atoms with van der Waals surface area (Å²) in [7, 11) is 1.42. The molecule has 1 saturated carbocycles. The average Bonchev–Trinajstić information content (AvgIpc) is 2.55. The third-order valence-corrected chi connectivity index (χ3v) is 2.41. The van der Waals surface area contributed by atoms with Crippen molar-refractivity contribution in [2.24, 2.45) is 11.7 Å². The second-order valence-electron chi connectivity index (χ2n) is 3.24. The molecule has 1 rings (SSSR count). The van der Waals surface area contributed by atoms with Crippen LogP contribution in [0, 0.1) is 5.92 Å². The van der Waals surface area contributed by atoms with Gasteiger partial charge in [0.1, 0.15) is 0 Å². The number of nitrogens with two attached hydrogens (primary N) is 1. The van der Waals surface area contributed by atoms with E-state index in [4.69, 9.17) is 5.73 Å². The quantitative estimate of drug-likeness (QED) is 0.597. The van der Waals surface area contributed by atoms with Crippen LogP contribution in [0.2, 0.25) is 0 Å². The minimum absolute atomic E-state index is 0.204. The van der Waals surface area contributed by atoms with Crippen molar-refractivity contribution < 1.29 is 9.63 Å².